The SMILES string of the molecule is COc1ccc(-c2nc3ccccn3c2CN2CCOCC2CC(N)=O)cc1. The lowest BCUT2D eigenvalue weighted by molar-refractivity contribution is -0.121. The highest BCUT2D eigenvalue weighted by Crippen LogP contribution is 2.28. The molecule has 3 heterocycles. The molecule has 1 atom stereocenters. The van der Waals surface area contributed by atoms with Crippen LogP contribution >= 0.6 is 0 Å². The second-order valence-corrected chi connectivity index (χ2v) is 6.93. The van der Waals surface area contributed by atoms with Gasteiger partial charge in [-0.1, -0.05) is 6.07 Å². The van der Waals surface area contributed by atoms with Crippen LogP contribution in [0.3, 0.4) is 0 Å². The minimum absolute atomic E-state index is 0.0239. The van der Waals surface area contributed by atoms with E-state index in [1.807, 2.05) is 48.7 Å². The van der Waals surface area contributed by atoms with Crippen molar-refractivity contribution in [3.05, 3.63) is 54.4 Å². The molecule has 1 aliphatic heterocycles. The number of nitrogens with zero attached hydrogens (tertiary/aromatic N) is 3. The number of primary amides is 1. The first-order valence-corrected chi connectivity index (χ1v) is 9.36. The van der Waals surface area contributed by atoms with Crippen molar-refractivity contribution in [1.29, 1.82) is 0 Å². The summed E-state index contributed by atoms with van der Waals surface area (Å²) in [5, 5.41) is 0. The molecule has 0 spiro atoms. The fourth-order valence-electron chi connectivity index (χ4n) is 3.69. The number of aromatic nitrogens is 2. The predicted molar refractivity (Wildman–Crippen MR) is 106 cm³/mol. The standard InChI is InChI=1S/C21H24N4O3/c1-27-17-7-5-15(6-8-17)21-18(25-9-3-2-4-20(25)23-21)13-24-10-11-28-14-16(24)12-19(22)26/h2-9,16H,10-14H2,1H3,(H2,22,26). The van der Waals surface area contributed by atoms with E-state index < -0.39 is 0 Å². The Labute approximate surface area is 163 Å². The smallest absolute Gasteiger partial charge is 0.219 e. The quantitative estimate of drug-likeness (QED) is 0.708. The van der Waals surface area contributed by atoms with Gasteiger partial charge >= 0.3 is 0 Å². The molecule has 1 fully saturated rings. The van der Waals surface area contributed by atoms with Crippen molar-refractivity contribution in [2.45, 2.75) is 19.0 Å². The van der Waals surface area contributed by atoms with Crippen molar-refractivity contribution < 1.29 is 14.3 Å². The van der Waals surface area contributed by atoms with Crippen LogP contribution in [0.4, 0.5) is 0 Å². The monoisotopic (exact) mass is 380 g/mol. The van der Waals surface area contributed by atoms with Gasteiger partial charge in [0.2, 0.25) is 5.91 Å². The van der Waals surface area contributed by atoms with Crippen LogP contribution in [0.1, 0.15) is 12.1 Å². The van der Waals surface area contributed by atoms with E-state index in [2.05, 4.69) is 9.30 Å². The zero-order valence-corrected chi connectivity index (χ0v) is 15.9. The first-order chi connectivity index (χ1) is 13.7. The number of methoxy groups -OCH3 is 1. The number of ether oxygens (including phenoxy) is 2. The lowest BCUT2D eigenvalue weighted by Gasteiger charge is -2.35. The van der Waals surface area contributed by atoms with E-state index in [9.17, 15) is 4.79 Å². The van der Waals surface area contributed by atoms with Crippen LogP contribution in [-0.2, 0) is 16.1 Å². The van der Waals surface area contributed by atoms with Crippen molar-refractivity contribution in [2.24, 2.45) is 5.73 Å². The average molecular weight is 380 g/mol. The Morgan fingerprint density at radius 1 is 1.29 bits per heavy atom. The third-order valence-corrected chi connectivity index (χ3v) is 5.13. The lowest BCUT2D eigenvalue weighted by Crippen LogP contribution is -2.46. The zero-order chi connectivity index (χ0) is 19.5. The number of amides is 1. The summed E-state index contributed by atoms with van der Waals surface area (Å²) in [6.45, 7) is 2.56. The molecule has 3 aromatic rings. The molecule has 2 N–H and O–H groups in total. The maximum absolute atomic E-state index is 11.5. The van der Waals surface area contributed by atoms with Crippen LogP contribution in [0.25, 0.3) is 16.9 Å². The maximum atomic E-state index is 11.5. The number of carbonyl (C=O) groups is 1. The van der Waals surface area contributed by atoms with E-state index in [1.165, 1.54) is 0 Å². The van der Waals surface area contributed by atoms with Gasteiger partial charge in [-0.05, 0) is 36.4 Å². The van der Waals surface area contributed by atoms with Crippen LogP contribution in [0.2, 0.25) is 0 Å². The van der Waals surface area contributed by atoms with Crippen LogP contribution in [0.5, 0.6) is 5.75 Å². The summed E-state index contributed by atoms with van der Waals surface area (Å²) in [5.41, 5.74) is 9.38. The first-order valence-electron chi connectivity index (χ1n) is 9.36. The van der Waals surface area contributed by atoms with Crippen molar-refractivity contribution in [1.82, 2.24) is 14.3 Å². The normalized spacial score (nSPS) is 17.7. The largest absolute Gasteiger partial charge is 0.497 e. The molecule has 1 aliphatic rings. The number of pyridine rings is 1. The van der Waals surface area contributed by atoms with Crippen LogP contribution in [0, 0.1) is 0 Å². The molecule has 1 aromatic carbocycles. The Kier molecular flexibility index (Phi) is 5.27. The van der Waals surface area contributed by atoms with Crippen molar-refractivity contribution in [2.75, 3.05) is 26.9 Å². The minimum Gasteiger partial charge on any atom is -0.497 e. The number of imidazole rings is 1. The van der Waals surface area contributed by atoms with E-state index in [-0.39, 0.29) is 18.4 Å². The van der Waals surface area contributed by atoms with E-state index in [4.69, 9.17) is 20.2 Å². The maximum Gasteiger partial charge on any atom is 0.219 e. The molecule has 7 nitrogen and oxygen atoms in total. The fraction of sp³-hybridized carbons (Fsp3) is 0.333. The van der Waals surface area contributed by atoms with Crippen LogP contribution < -0.4 is 10.5 Å². The zero-order valence-electron chi connectivity index (χ0n) is 15.9. The number of benzene rings is 1. The molecule has 0 radical (unpaired) electrons. The fourth-order valence-corrected chi connectivity index (χ4v) is 3.69. The topological polar surface area (TPSA) is 82.1 Å². The molecule has 4 rings (SSSR count). The van der Waals surface area contributed by atoms with Gasteiger partial charge in [-0.15, -0.1) is 0 Å². The molecule has 1 unspecified atom stereocenters. The van der Waals surface area contributed by atoms with Crippen molar-refractivity contribution in [3.63, 3.8) is 0 Å². The van der Waals surface area contributed by atoms with E-state index in [0.717, 1.165) is 34.9 Å². The molecule has 7 heteroatoms. The Bertz CT molecular complexity index is 967. The van der Waals surface area contributed by atoms with Gasteiger partial charge in [-0.25, -0.2) is 4.98 Å². The van der Waals surface area contributed by atoms with Gasteiger partial charge in [0.1, 0.15) is 11.4 Å². The van der Waals surface area contributed by atoms with Gasteiger partial charge in [-0.3, -0.25) is 9.69 Å². The summed E-state index contributed by atoms with van der Waals surface area (Å²) in [7, 11) is 1.66. The molecule has 0 bridgehead atoms. The summed E-state index contributed by atoms with van der Waals surface area (Å²) >= 11 is 0. The molecule has 1 saturated heterocycles. The van der Waals surface area contributed by atoms with Gasteiger partial charge in [0.25, 0.3) is 0 Å². The second-order valence-electron chi connectivity index (χ2n) is 6.93. The van der Waals surface area contributed by atoms with Crippen molar-refractivity contribution >= 4 is 11.6 Å². The average Bonchev–Trinajstić information content (AvgIpc) is 3.08. The second kappa shape index (κ2) is 8.00. The highest BCUT2D eigenvalue weighted by atomic mass is 16.5. The Morgan fingerprint density at radius 2 is 2.11 bits per heavy atom. The molecule has 0 saturated carbocycles. The summed E-state index contributed by atoms with van der Waals surface area (Å²) in [6, 6.07) is 13.9. The minimum atomic E-state index is -0.311. The first kappa shape index (κ1) is 18.5. The van der Waals surface area contributed by atoms with Crippen LogP contribution in [-0.4, -0.2) is 53.1 Å². The Hall–Kier alpha value is -2.90. The van der Waals surface area contributed by atoms with Crippen LogP contribution in [0.15, 0.2) is 48.7 Å². The third kappa shape index (κ3) is 3.72. The van der Waals surface area contributed by atoms with Gasteiger partial charge in [0, 0.05) is 37.3 Å². The summed E-state index contributed by atoms with van der Waals surface area (Å²) < 4.78 is 13.0. The van der Waals surface area contributed by atoms with E-state index in [1.54, 1.807) is 7.11 Å². The molecule has 2 aromatic heterocycles. The van der Waals surface area contributed by atoms with Gasteiger partial charge < -0.3 is 19.6 Å². The summed E-state index contributed by atoms with van der Waals surface area (Å²) in [4.78, 5) is 18.6. The molecule has 0 aliphatic carbocycles. The number of morpholine rings is 1. The number of rotatable bonds is 6. The Morgan fingerprint density at radius 3 is 2.86 bits per heavy atom. The number of hydrogen-bond donors (Lipinski definition) is 1. The Balaban J connectivity index is 1.73. The molecular formula is C21H24N4O3. The van der Waals surface area contributed by atoms with E-state index in [0.29, 0.717) is 19.8 Å². The van der Waals surface area contributed by atoms with Gasteiger partial charge in [-0.2, -0.15) is 0 Å². The van der Waals surface area contributed by atoms with Crippen molar-refractivity contribution in [3.8, 4) is 17.0 Å². The molecule has 146 valence electrons. The third-order valence-electron chi connectivity index (χ3n) is 5.13. The summed E-state index contributed by atoms with van der Waals surface area (Å²) in [6.07, 6.45) is 2.31. The van der Waals surface area contributed by atoms with Gasteiger partial charge in [0.15, 0.2) is 0 Å². The number of carbonyl (C=O) groups excluding carboxylic acids is 1. The molecule has 1 amide bonds. The van der Waals surface area contributed by atoms with Gasteiger partial charge in [0.05, 0.1) is 31.7 Å². The molecule has 28 heavy (non-hydrogen) atoms. The number of fused-ring (bicyclic) bond motifs is 1. The number of hydrogen-bond acceptors (Lipinski definition) is 5. The molecular weight excluding hydrogens is 356 g/mol. The summed E-state index contributed by atoms with van der Waals surface area (Å²) in [5.74, 6) is 0.498. The predicted octanol–water partition coefficient (Wildman–Crippen LogP) is 2.09. The number of nitrogens with two attached hydrogens (primary N) is 1. The van der Waals surface area contributed by atoms with E-state index >= 15 is 0 Å². The highest BCUT2D eigenvalue weighted by molar-refractivity contribution is 5.74. The highest BCUT2D eigenvalue weighted by Gasteiger charge is 2.27. The lowest BCUT2D eigenvalue weighted by atomic mass is 10.1.